The van der Waals surface area contributed by atoms with Crippen molar-refractivity contribution in [3.8, 4) is 0 Å². The highest BCUT2D eigenvalue weighted by Crippen LogP contribution is 2.03. The Balaban J connectivity index is 3.42. The van der Waals surface area contributed by atoms with Crippen molar-refractivity contribution in [3.63, 3.8) is 0 Å². The van der Waals surface area contributed by atoms with Gasteiger partial charge in [0, 0.05) is 19.4 Å². The molecule has 0 spiro atoms. The maximum absolute atomic E-state index is 10.0. The lowest BCUT2D eigenvalue weighted by molar-refractivity contribution is -0.890. The van der Waals surface area contributed by atoms with E-state index in [4.69, 9.17) is 9.36 Å². The van der Waals surface area contributed by atoms with Crippen LogP contribution in [-0.2, 0) is 13.9 Å². The fraction of sp³-hybridized carbons (Fsp3) is 1.00. The second-order valence-electron chi connectivity index (χ2n) is 4.33. The molecule has 96 valence electrons. The topological polar surface area (TPSA) is 47.6 Å². The van der Waals surface area contributed by atoms with Crippen LogP contribution in [0.5, 0.6) is 0 Å². The summed E-state index contributed by atoms with van der Waals surface area (Å²) in [5, 5.41) is 0. The van der Waals surface area contributed by atoms with Crippen molar-refractivity contribution in [2.24, 2.45) is 0 Å². The third-order valence-electron chi connectivity index (χ3n) is 2.34. The average Bonchev–Trinajstić information content (AvgIpc) is 2.24. The van der Waals surface area contributed by atoms with Crippen LogP contribution in [-0.4, -0.2) is 51.4 Å². The van der Waals surface area contributed by atoms with E-state index in [0.717, 1.165) is 37.0 Å². The van der Waals surface area contributed by atoms with Crippen LogP contribution in [0.15, 0.2) is 0 Å². The van der Waals surface area contributed by atoms with Gasteiger partial charge in [-0.25, -0.2) is 10.0 Å². The minimum Gasteiger partial charge on any atom is -0.328 e. The lowest BCUT2D eigenvalue weighted by Gasteiger charge is -2.29. The van der Waals surface area contributed by atoms with Gasteiger partial charge in [0.1, 0.15) is 0 Å². The molecule has 0 radical (unpaired) electrons. The van der Waals surface area contributed by atoms with Gasteiger partial charge in [0.15, 0.2) is 0 Å². The first-order valence-corrected chi connectivity index (χ1v) is 6.46. The Morgan fingerprint density at radius 3 is 2.56 bits per heavy atom. The lowest BCUT2D eigenvalue weighted by atomic mass is 10.3. The molecule has 0 saturated heterocycles. The SMILES string of the molecule is CCONCCC[N+](C)(C)CCCOP=O. The standard InChI is InChI=1S/C10H24N2O3P/c1-4-14-11-7-5-8-12(2,3)9-6-10-15-16-13/h11H,4-10H2,1-3H3/q+1. The number of hydrogen-bond acceptors (Lipinski definition) is 4. The van der Waals surface area contributed by atoms with Crippen LogP contribution < -0.4 is 5.48 Å². The molecule has 16 heavy (non-hydrogen) atoms. The highest BCUT2D eigenvalue weighted by Gasteiger charge is 2.13. The van der Waals surface area contributed by atoms with Crippen molar-refractivity contribution in [3.05, 3.63) is 0 Å². The van der Waals surface area contributed by atoms with E-state index in [2.05, 4.69) is 19.6 Å². The quantitative estimate of drug-likeness (QED) is 0.262. The summed E-state index contributed by atoms with van der Waals surface area (Å²) in [5.41, 5.74) is 2.91. The van der Waals surface area contributed by atoms with Crippen molar-refractivity contribution in [1.29, 1.82) is 0 Å². The van der Waals surface area contributed by atoms with Gasteiger partial charge in [-0.05, 0) is 6.92 Å². The molecule has 0 amide bonds. The van der Waals surface area contributed by atoms with E-state index in [1.807, 2.05) is 6.92 Å². The third-order valence-corrected chi connectivity index (χ3v) is 2.63. The van der Waals surface area contributed by atoms with Crippen LogP contribution in [0.2, 0.25) is 0 Å². The Morgan fingerprint density at radius 2 is 1.94 bits per heavy atom. The van der Waals surface area contributed by atoms with Crippen molar-refractivity contribution in [2.45, 2.75) is 19.8 Å². The van der Waals surface area contributed by atoms with Crippen molar-refractivity contribution >= 4 is 8.69 Å². The van der Waals surface area contributed by atoms with Gasteiger partial charge >= 0.3 is 8.69 Å². The fourth-order valence-corrected chi connectivity index (χ4v) is 1.66. The molecular weight excluding hydrogens is 227 g/mol. The van der Waals surface area contributed by atoms with Gasteiger partial charge in [-0.2, -0.15) is 0 Å². The van der Waals surface area contributed by atoms with Crippen LogP contribution in [0, 0.1) is 0 Å². The first-order valence-electron chi connectivity index (χ1n) is 5.73. The van der Waals surface area contributed by atoms with Crippen LogP contribution >= 0.6 is 8.69 Å². The molecule has 0 bridgehead atoms. The van der Waals surface area contributed by atoms with Crippen molar-refractivity contribution in [2.75, 3.05) is 46.9 Å². The minimum atomic E-state index is -0.218. The van der Waals surface area contributed by atoms with E-state index in [1.165, 1.54) is 0 Å². The van der Waals surface area contributed by atoms with E-state index in [9.17, 15) is 4.57 Å². The number of hydroxylamine groups is 1. The van der Waals surface area contributed by atoms with Gasteiger partial charge in [0.2, 0.25) is 0 Å². The summed E-state index contributed by atoms with van der Waals surface area (Å²) >= 11 is 0. The number of quaternary nitrogens is 1. The van der Waals surface area contributed by atoms with E-state index in [0.29, 0.717) is 13.2 Å². The molecule has 6 heteroatoms. The third kappa shape index (κ3) is 10.5. The normalized spacial score (nSPS) is 12.2. The van der Waals surface area contributed by atoms with Crippen LogP contribution in [0.4, 0.5) is 0 Å². The number of nitrogens with one attached hydrogen (secondary N) is 1. The summed E-state index contributed by atoms with van der Waals surface area (Å²) in [5.74, 6) is 0. The molecular formula is C10H24N2O3P+. The first-order chi connectivity index (χ1) is 7.62. The summed E-state index contributed by atoms with van der Waals surface area (Å²) in [6.07, 6.45) is 2.01. The first kappa shape index (κ1) is 15.9. The number of rotatable bonds is 11. The molecule has 0 aromatic heterocycles. The van der Waals surface area contributed by atoms with Gasteiger partial charge in [0.25, 0.3) is 0 Å². The zero-order valence-electron chi connectivity index (χ0n) is 10.6. The van der Waals surface area contributed by atoms with E-state index in [1.54, 1.807) is 0 Å². The average molecular weight is 251 g/mol. The van der Waals surface area contributed by atoms with E-state index >= 15 is 0 Å². The second-order valence-corrected chi connectivity index (χ2v) is 4.73. The number of nitrogens with zero attached hydrogens (tertiary/aromatic N) is 1. The molecule has 1 N–H and O–H groups in total. The molecule has 0 heterocycles. The van der Waals surface area contributed by atoms with Crippen molar-refractivity contribution in [1.82, 2.24) is 5.48 Å². The Hall–Kier alpha value is -0.0600. The highest BCUT2D eigenvalue weighted by atomic mass is 31.1. The molecule has 0 rings (SSSR count). The Labute approximate surface area is 99.9 Å². The minimum absolute atomic E-state index is 0.218. The van der Waals surface area contributed by atoms with Gasteiger partial charge < -0.3 is 9.32 Å². The predicted molar refractivity (Wildman–Crippen MR) is 64.3 cm³/mol. The molecule has 0 aliphatic rings. The molecule has 0 aromatic rings. The zero-order chi connectivity index (χ0) is 12.3. The summed E-state index contributed by atoms with van der Waals surface area (Å²) in [6, 6.07) is 0. The Kier molecular flexibility index (Phi) is 10.1. The van der Waals surface area contributed by atoms with Crippen LogP contribution in [0.1, 0.15) is 19.8 Å². The number of hydrogen-bond donors (Lipinski definition) is 1. The monoisotopic (exact) mass is 251 g/mol. The molecule has 0 aliphatic heterocycles. The summed E-state index contributed by atoms with van der Waals surface area (Å²) < 4.78 is 15.8. The van der Waals surface area contributed by atoms with Gasteiger partial charge in [-0.1, -0.05) is 0 Å². The zero-order valence-corrected chi connectivity index (χ0v) is 11.5. The predicted octanol–water partition coefficient (Wildman–Crippen LogP) is 1.61. The Bertz CT molecular complexity index is 179. The summed E-state index contributed by atoms with van der Waals surface area (Å²) in [6.45, 7) is 6.22. The molecule has 0 fully saturated rings. The van der Waals surface area contributed by atoms with E-state index in [-0.39, 0.29) is 8.69 Å². The van der Waals surface area contributed by atoms with Crippen LogP contribution in [0.3, 0.4) is 0 Å². The molecule has 0 aliphatic carbocycles. The highest BCUT2D eigenvalue weighted by molar-refractivity contribution is 7.17. The van der Waals surface area contributed by atoms with Gasteiger partial charge in [-0.15, -0.1) is 0 Å². The molecule has 5 nitrogen and oxygen atoms in total. The maximum Gasteiger partial charge on any atom is 0.327 e. The van der Waals surface area contributed by atoms with Gasteiger partial charge in [0.05, 0.1) is 40.4 Å². The molecule has 0 aromatic carbocycles. The summed E-state index contributed by atoms with van der Waals surface area (Å²) in [4.78, 5) is 5.05. The fourth-order valence-electron chi connectivity index (χ4n) is 1.46. The maximum atomic E-state index is 10.0. The van der Waals surface area contributed by atoms with Gasteiger partial charge in [-0.3, -0.25) is 4.52 Å². The molecule has 0 atom stereocenters. The molecule has 0 saturated carbocycles. The summed E-state index contributed by atoms with van der Waals surface area (Å²) in [7, 11) is 4.16. The largest absolute Gasteiger partial charge is 0.328 e. The smallest absolute Gasteiger partial charge is 0.327 e. The van der Waals surface area contributed by atoms with Crippen molar-refractivity contribution < 1.29 is 18.4 Å². The molecule has 0 unspecified atom stereocenters. The van der Waals surface area contributed by atoms with E-state index < -0.39 is 0 Å². The Morgan fingerprint density at radius 1 is 1.25 bits per heavy atom. The second kappa shape index (κ2) is 10.1. The van der Waals surface area contributed by atoms with Crippen LogP contribution in [0.25, 0.3) is 0 Å². The lowest BCUT2D eigenvalue weighted by Crippen LogP contribution is -2.42.